The Hall–Kier alpha value is -1.59. The van der Waals surface area contributed by atoms with Gasteiger partial charge in [0.2, 0.25) is 11.8 Å². The molecule has 1 heterocycles. The number of amides is 2. The van der Waals surface area contributed by atoms with Crippen LogP contribution in [0.3, 0.4) is 0 Å². The summed E-state index contributed by atoms with van der Waals surface area (Å²) in [5.41, 5.74) is 0. The number of carboxylic acids is 1. The lowest BCUT2D eigenvalue weighted by molar-refractivity contribution is -0.146. The highest BCUT2D eigenvalue weighted by molar-refractivity contribution is 5.86. The molecule has 0 aromatic carbocycles. The Morgan fingerprint density at radius 2 is 2.00 bits per heavy atom. The SMILES string of the molecule is CC1C[C@H](C(=O)NC2CCC(=O)NC2)[C@H](C(=O)O)C1. The fourth-order valence-electron chi connectivity index (χ4n) is 3.02. The summed E-state index contributed by atoms with van der Waals surface area (Å²) in [5.74, 6) is -1.82. The Morgan fingerprint density at radius 1 is 1.32 bits per heavy atom. The minimum absolute atomic E-state index is 0.00315. The smallest absolute Gasteiger partial charge is 0.307 e. The number of carboxylic acid groups (broad SMARTS) is 1. The Labute approximate surface area is 111 Å². The van der Waals surface area contributed by atoms with E-state index in [4.69, 9.17) is 5.11 Å². The summed E-state index contributed by atoms with van der Waals surface area (Å²) in [6, 6.07) is -0.0736. The van der Waals surface area contributed by atoms with Gasteiger partial charge in [0, 0.05) is 19.0 Å². The van der Waals surface area contributed by atoms with Crippen LogP contribution in [0.1, 0.15) is 32.6 Å². The molecule has 19 heavy (non-hydrogen) atoms. The number of hydrogen-bond acceptors (Lipinski definition) is 3. The molecule has 4 atom stereocenters. The molecule has 6 heteroatoms. The van der Waals surface area contributed by atoms with Crippen molar-refractivity contribution in [2.75, 3.05) is 6.54 Å². The van der Waals surface area contributed by atoms with Crippen molar-refractivity contribution in [3.8, 4) is 0 Å². The lowest BCUT2D eigenvalue weighted by Crippen LogP contribution is -2.50. The number of nitrogens with one attached hydrogen (secondary N) is 2. The first-order valence-electron chi connectivity index (χ1n) is 6.77. The maximum atomic E-state index is 12.2. The van der Waals surface area contributed by atoms with Gasteiger partial charge in [-0.2, -0.15) is 0 Å². The third-order valence-corrected chi connectivity index (χ3v) is 4.06. The highest BCUT2D eigenvalue weighted by Crippen LogP contribution is 2.36. The zero-order valence-electron chi connectivity index (χ0n) is 11.0. The Bertz CT molecular complexity index is 386. The van der Waals surface area contributed by atoms with Crippen LogP contribution in [-0.2, 0) is 14.4 Å². The van der Waals surface area contributed by atoms with E-state index in [9.17, 15) is 14.4 Å². The third-order valence-electron chi connectivity index (χ3n) is 4.06. The van der Waals surface area contributed by atoms with Gasteiger partial charge in [0.15, 0.2) is 0 Å². The molecule has 0 spiro atoms. The van der Waals surface area contributed by atoms with E-state index < -0.39 is 17.8 Å². The van der Waals surface area contributed by atoms with E-state index in [1.54, 1.807) is 0 Å². The summed E-state index contributed by atoms with van der Waals surface area (Å²) in [5, 5.41) is 14.7. The molecule has 3 N–H and O–H groups in total. The predicted molar refractivity (Wildman–Crippen MR) is 67.2 cm³/mol. The molecule has 1 aliphatic heterocycles. The van der Waals surface area contributed by atoms with Crippen molar-refractivity contribution in [1.82, 2.24) is 10.6 Å². The fraction of sp³-hybridized carbons (Fsp3) is 0.769. The molecule has 2 aliphatic rings. The normalized spacial score (nSPS) is 34.7. The number of aliphatic carboxylic acids is 1. The van der Waals surface area contributed by atoms with Gasteiger partial charge >= 0.3 is 5.97 Å². The second-order valence-electron chi connectivity index (χ2n) is 5.68. The van der Waals surface area contributed by atoms with Crippen LogP contribution in [0.25, 0.3) is 0 Å². The maximum Gasteiger partial charge on any atom is 0.307 e. The Kier molecular flexibility index (Phi) is 4.07. The van der Waals surface area contributed by atoms with Crippen LogP contribution in [0.15, 0.2) is 0 Å². The molecule has 2 amide bonds. The fourth-order valence-corrected chi connectivity index (χ4v) is 3.02. The molecule has 0 radical (unpaired) electrons. The van der Waals surface area contributed by atoms with Crippen LogP contribution in [0.4, 0.5) is 0 Å². The second kappa shape index (κ2) is 5.59. The topological polar surface area (TPSA) is 95.5 Å². The number of piperidine rings is 1. The monoisotopic (exact) mass is 268 g/mol. The molecule has 106 valence electrons. The number of carbonyl (C=O) groups is 3. The molecule has 0 aromatic rings. The molecule has 2 rings (SSSR count). The summed E-state index contributed by atoms with van der Waals surface area (Å²) in [6.45, 7) is 2.41. The molecule has 2 fully saturated rings. The van der Waals surface area contributed by atoms with E-state index in [0.717, 1.165) is 0 Å². The van der Waals surface area contributed by atoms with E-state index in [-0.39, 0.29) is 23.8 Å². The van der Waals surface area contributed by atoms with Crippen molar-refractivity contribution in [1.29, 1.82) is 0 Å². The van der Waals surface area contributed by atoms with Gasteiger partial charge in [-0.25, -0.2) is 0 Å². The van der Waals surface area contributed by atoms with Gasteiger partial charge in [0.1, 0.15) is 0 Å². The third kappa shape index (κ3) is 3.24. The van der Waals surface area contributed by atoms with Crippen molar-refractivity contribution in [3.63, 3.8) is 0 Å². The average Bonchev–Trinajstić information content (AvgIpc) is 2.74. The van der Waals surface area contributed by atoms with Crippen LogP contribution < -0.4 is 10.6 Å². The van der Waals surface area contributed by atoms with Crippen LogP contribution >= 0.6 is 0 Å². The largest absolute Gasteiger partial charge is 0.481 e. The summed E-state index contributed by atoms with van der Waals surface area (Å²) in [6.07, 6.45) is 2.22. The van der Waals surface area contributed by atoms with Crippen LogP contribution in [0.2, 0.25) is 0 Å². The minimum Gasteiger partial charge on any atom is -0.481 e. The molecule has 6 nitrogen and oxygen atoms in total. The molecule has 1 saturated heterocycles. The van der Waals surface area contributed by atoms with Crippen molar-refractivity contribution < 1.29 is 19.5 Å². The number of rotatable bonds is 3. The zero-order chi connectivity index (χ0) is 14.0. The molecule has 1 aliphatic carbocycles. The zero-order valence-corrected chi connectivity index (χ0v) is 11.0. The Balaban J connectivity index is 1.91. The van der Waals surface area contributed by atoms with Crippen LogP contribution in [0, 0.1) is 17.8 Å². The van der Waals surface area contributed by atoms with Gasteiger partial charge in [0.05, 0.1) is 11.8 Å². The first kappa shape index (κ1) is 13.8. The molecule has 2 unspecified atom stereocenters. The lowest BCUT2D eigenvalue weighted by atomic mass is 9.94. The van der Waals surface area contributed by atoms with Gasteiger partial charge in [-0.15, -0.1) is 0 Å². The van der Waals surface area contributed by atoms with E-state index in [2.05, 4.69) is 10.6 Å². The second-order valence-corrected chi connectivity index (χ2v) is 5.68. The van der Waals surface area contributed by atoms with Crippen molar-refractivity contribution in [3.05, 3.63) is 0 Å². The molecular formula is C13H20N2O4. The summed E-state index contributed by atoms with van der Waals surface area (Å²) in [7, 11) is 0. The molecule has 1 saturated carbocycles. The standard InChI is InChI=1S/C13H20N2O4/c1-7-4-9(10(5-7)13(18)19)12(17)15-8-2-3-11(16)14-6-8/h7-10H,2-6H2,1H3,(H,14,16)(H,15,17)(H,18,19)/t7?,8?,9-,10+/m0/s1. The quantitative estimate of drug-likeness (QED) is 0.678. The number of carbonyl (C=O) groups excluding carboxylic acids is 2. The Morgan fingerprint density at radius 3 is 2.58 bits per heavy atom. The van der Waals surface area contributed by atoms with Crippen LogP contribution in [0.5, 0.6) is 0 Å². The van der Waals surface area contributed by atoms with Gasteiger partial charge in [-0.3, -0.25) is 14.4 Å². The van der Waals surface area contributed by atoms with E-state index in [1.807, 2.05) is 6.92 Å². The maximum absolute atomic E-state index is 12.2. The van der Waals surface area contributed by atoms with E-state index >= 15 is 0 Å². The molecule has 0 bridgehead atoms. The van der Waals surface area contributed by atoms with Gasteiger partial charge < -0.3 is 15.7 Å². The molecular weight excluding hydrogens is 248 g/mol. The van der Waals surface area contributed by atoms with Gasteiger partial charge in [-0.1, -0.05) is 6.92 Å². The van der Waals surface area contributed by atoms with E-state index in [0.29, 0.717) is 32.2 Å². The van der Waals surface area contributed by atoms with Gasteiger partial charge in [-0.05, 0) is 25.2 Å². The van der Waals surface area contributed by atoms with E-state index in [1.165, 1.54) is 0 Å². The first-order valence-corrected chi connectivity index (χ1v) is 6.77. The van der Waals surface area contributed by atoms with Crippen molar-refractivity contribution in [2.24, 2.45) is 17.8 Å². The highest BCUT2D eigenvalue weighted by Gasteiger charge is 2.41. The average molecular weight is 268 g/mol. The van der Waals surface area contributed by atoms with Crippen molar-refractivity contribution >= 4 is 17.8 Å². The highest BCUT2D eigenvalue weighted by atomic mass is 16.4. The number of hydrogen-bond donors (Lipinski definition) is 3. The summed E-state index contributed by atoms with van der Waals surface area (Å²) >= 11 is 0. The summed E-state index contributed by atoms with van der Waals surface area (Å²) < 4.78 is 0. The first-order chi connectivity index (χ1) is 8.97. The minimum atomic E-state index is -0.888. The van der Waals surface area contributed by atoms with Crippen molar-refractivity contribution in [2.45, 2.75) is 38.6 Å². The van der Waals surface area contributed by atoms with Crippen LogP contribution in [-0.4, -0.2) is 35.5 Å². The molecule has 0 aromatic heterocycles. The lowest BCUT2D eigenvalue weighted by Gasteiger charge is -2.25. The predicted octanol–water partition coefficient (Wildman–Crippen LogP) is 0.128. The summed E-state index contributed by atoms with van der Waals surface area (Å²) in [4.78, 5) is 34.4. The van der Waals surface area contributed by atoms with Gasteiger partial charge in [0.25, 0.3) is 0 Å².